The molecule has 0 aliphatic heterocycles. The molecule has 2 aliphatic carbocycles. The van der Waals surface area contributed by atoms with Crippen molar-refractivity contribution in [2.45, 2.75) is 57.5 Å². The maximum absolute atomic E-state index is 9.85. The van der Waals surface area contributed by atoms with Crippen LogP contribution < -0.4 is 5.32 Å². The van der Waals surface area contributed by atoms with Crippen molar-refractivity contribution in [2.75, 3.05) is 33.4 Å². The molecule has 2 aliphatic rings. The van der Waals surface area contributed by atoms with Crippen molar-refractivity contribution in [3.63, 3.8) is 0 Å². The van der Waals surface area contributed by atoms with Crippen molar-refractivity contribution >= 4 is 0 Å². The number of hydrogen-bond donors (Lipinski definition) is 1. The Kier molecular flexibility index (Phi) is 6.04. The molecule has 2 saturated carbocycles. The van der Waals surface area contributed by atoms with Crippen LogP contribution in [0.5, 0.6) is 0 Å². The molecule has 0 amide bonds. The van der Waals surface area contributed by atoms with Crippen molar-refractivity contribution in [3.8, 4) is 6.07 Å². The number of rotatable bonds is 11. The minimum absolute atomic E-state index is 0.354. The molecule has 0 radical (unpaired) electrons. The molecular formula is C17H31N3O. The molecule has 0 aromatic carbocycles. The van der Waals surface area contributed by atoms with E-state index in [0.717, 1.165) is 38.6 Å². The molecule has 120 valence electrons. The van der Waals surface area contributed by atoms with E-state index in [4.69, 9.17) is 4.74 Å². The van der Waals surface area contributed by atoms with Gasteiger partial charge in [0, 0.05) is 26.2 Å². The maximum atomic E-state index is 9.85. The summed E-state index contributed by atoms with van der Waals surface area (Å²) < 4.78 is 5.28. The molecule has 21 heavy (non-hydrogen) atoms. The molecule has 2 unspecified atom stereocenters. The number of nitriles is 1. The zero-order chi connectivity index (χ0) is 15.3. The molecule has 0 heterocycles. The van der Waals surface area contributed by atoms with Crippen LogP contribution in [0, 0.1) is 23.2 Å². The van der Waals surface area contributed by atoms with Gasteiger partial charge in [-0.25, -0.2) is 0 Å². The second-order valence-corrected chi connectivity index (χ2v) is 6.83. The lowest BCUT2D eigenvalue weighted by Gasteiger charge is -2.37. The smallest absolute Gasteiger partial charge is 0.122 e. The predicted octanol–water partition coefficient (Wildman–Crippen LogP) is 2.41. The maximum Gasteiger partial charge on any atom is 0.122 e. The predicted molar refractivity (Wildman–Crippen MR) is 85.0 cm³/mol. The van der Waals surface area contributed by atoms with Crippen LogP contribution in [0.2, 0.25) is 0 Å². The van der Waals surface area contributed by atoms with E-state index in [9.17, 15) is 5.26 Å². The molecular weight excluding hydrogens is 262 g/mol. The van der Waals surface area contributed by atoms with Gasteiger partial charge in [0.05, 0.1) is 12.7 Å². The van der Waals surface area contributed by atoms with Crippen LogP contribution >= 0.6 is 0 Å². The van der Waals surface area contributed by atoms with Crippen molar-refractivity contribution in [2.24, 2.45) is 11.8 Å². The van der Waals surface area contributed by atoms with Gasteiger partial charge in [-0.3, -0.25) is 10.2 Å². The van der Waals surface area contributed by atoms with E-state index in [1.165, 1.54) is 25.7 Å². The summed E-state index contributed by atoms with van der Waals surface area (Å²) in [5.41, 5.74) is -0.354. The highest BCUT2D eigenvalue weighted by atomic mass is 16.5. The van der Waals surface area contributed by atoms with Gasteiger partial charge in [-0.2, -0.15) is 5.26 Å². The first-order chi connectivity index (χ1) is 10.2. The highest BCUT2D eigenvalue weighted by Crippen LogP contribution is 2.41. The first-order valence-corrected chi connectivity index (χ1v) is 8.56. The lowest BCUT2D eigenvalue weighted by atomic mass is 9.92. The normalized spacial score (nSPS) is 22.8. The van der Waals surface area contributed by atoms with Crippen molar-refractivity contribution < 1.29 is 4.74 Å². The van der Waals surface area contributed by atoms with Gasteiger partial charge in [-0.05, 0) is 57.4 Å². The highest BCUT2D eigenvalue weighted by molar-refractivity contribution is 5.17. The minimum Gasteiger partial charge on any atom is -0.383 e. The summed E-state index contributed by atoms with van der Waals surface area (Å²) in [6.07, 6.45) is 6.15. The first-order valence-electron chi connectivity index (χ1n) is 8.56. The summed E-state index contributed by atoms with van der Waals surface area (Å²) in [5.74, 6) is 1.36. The van der Waals surface area contributed by atoms with Gasteiger partial charge in [0.1, 0.15) is 5.54 Å². The highest BCUT2D eigenvalue weighted by Gasteiger charge is 2.47. The van der Waals surface area contributed by atoms with E-state index in [2.05, 4.69) is 30.1 Å². The van der Waals surface area contributed by atoms with Gasteiger partial charge in [-0.1, -0.05) is 6.92 Å². The van der Waals surface area contributed by atoms with Crippen LogP contribution in [0.4, 0.5) is 0 Å². The fourth-order valence-electron chi connectivity index (χ4n) is 3.25. The zero-order valence-corrected chi connectivity index (χ0v) is 13.9. The standard InChI is InChI=1S/C17H31N3O/c1-4-9-19-17(12-18,16-7-8-16)13-20(10-11-21-3)14(2)15-5-6-15/h14-16,19H,4-11,13H2,1-3H3. The van der Waals surface area contributed by atoms with Crippen molar-refractivity contribution in [1.29, 1.82) is 5.26 Å². The molecule has 1 N–H and O–H groups in total. The van der Waals surface area contributed by atoms with Crippen LogP contribution in [-0.2, 0) is 4.74 Å². The van der Waals surface area contributed by atoms with E-state index in [0.29, 0.717) is 12.0 Å². The van der Waals surface area contributed by atoms with Gasteiger partial charge in [-0.15, -0.1) is 0 Å². The average Bonchev–Trinajstić information content (AvgIpc) is 3.38. The Bertz CT molecular complexity index is 360. The number of hydrogen-bond acceptors (Lipinski definition) is 4. The van der Waals surface area contributed by atoms with E-state index < -0.39 is 0 Å². The minimum atomic E-state index is -0.354. The van der Waals surface area contributed by atoms with E-state index in [1.807, 2.05) is 0 Å². The number of nitrogens with zero attached hydrogens (tertiary/aromatic N) is 2. The SMILES string of the molecule is CCCNC(C#N)(CN(CCOC)C(C)C1CC1)C1CC1. The van der Waals surface area contributed by atoms with E-state index >= 15 is 0 Å². The molecule has 0 aromatic heterocycles. The summed E-state index contributed by atoms with van der Waals surface area (Å²) in [5, 5.41) is 13.4. The summed E-state index contributed by atoms with van der Waals surface area (Å²) in [6, 6.07) is 3.20. The average molecular weight is 293 g/mol. The Balaban J connectivity index is 2.04. The van der Waals surface area contributed by atoms with Crippen LogP contribution in [-0.4, -0.2) is 49.8 Å². The summed E-state index contributed by atoms with van der Waals surface area (Å²) in [4.78, 5) is 2.49. The number of methoxy groups -OCH3 is 1. The summed E-state index contributed by atoms with van der Waals surface area (Å²) >= 11 is 0. The lowest BCUT2D eigenvalue weighted by Crippen LogP contribution is -2.57. The monoisotopic (exact) mass is 293 g/mol. The zero-order valence-electron chi connectivity index (χ0n) is 13.9. The quantitative estimate of drug-likeness (QED) is 0.635. The third-order valence-electron chi connectivity index (χ3n) is 5.08. The van der Waals surface area contributed by atoms with Crippen LogP contribution in [0.1, 0.15) is 46.0 Å². The van der Waals surface area contributed by atoms with Crippen LogP contribution in [0.25, 0.3) is 0 Å². The largest absolute Gasteiger partial charge is 0.383 e. The third-order valence-corrected chi connectivity index (χ3v) is 5.08. The topological polar surface area (TPSA) is 48.3 Å². The van der Waals surface area contributed by atoms with Gasteiger partial charge < -0.3 is 4.74 Å². The molecule has 2 rings (SSSR count). The Morgan fingerprint density at radius 3 is 2.57 bits per heavy atom. The molecule has 4 heteroatoms. The van der Waals surface area contributed by atoms with Crippen molar-refractivity contribution in [1.82, 2.24) is 10.2 Å². The van der Waals surface area contributed by atoms with E-state index in [-0.39, 0.29) is 5.54 Å². The van der Waals surface area contributed by atoms with Gasteiger partial charge in [0.2, 0.25) is 0 Å². The Hall–Kier alpha value is -0.630. The summed E-state index contributed by atoms with van der Waals surface area (Å²) in [6.45, 7) is 7.93. The number of nitrogens with one attached hydrogen (secondary N) is 1. The second-order valence-electron chi connectivity index (χ2n) is 6.83. The van der Waals surface area contributed by atoms with Gasteiger partial charge in [0.25, 0.3) is 0 Å². The lowest BCUT2D eigenvalue weighted by molar-refractivity contribution is 0.0934. The van der Waals surface area contributed by atoms with Crippen LogP contribution in [0.15, 0.2) is 0 Å². The molecule has 2 fully saturated rings. The Morgan fingerprint density at radius 1 is 1.38 bits per heavy atom. The fraction of sp³-hybridized carbons (Fsp3) is 0.941. The molecule has 0 bridgehead atoms. The molecule has 0 aromatic rings. The fourth-order valence-corrected chi connectivity index (χ4v) is 3.25. The van der Waals surface area contributed by atoms with Gasteiger partial charge >= 0.3 is 0 Å². The Morgan fingerprint density at radius 2 is 2.10 bits per heavy atom. The molecule has 0 saturated heterocycles. The summed E-state index contributed by atoms with van der Waals surface area (Å²) in [7, 11) is 1.76. The van der Waals surface area contributed by atoms with Gasteiger partial charge in [0.15, 0.2) is 0 Å². The molecule has 2 atom stereocenters. The third kappa shape index (κ3) is 4.42. The second kappa shape index (κ2) is 7.58. The molecule has 0 spiro atoms. The molecule has 4 nitrogen and oxygen atoms in total. The Labute approximate surface area is 129 Å². The number of ether oxygens (including phenoxy) is 1. The van der Waals surface area contributed by atoms with E-state index in [1.54, 1.807) is 7.11 Å². The van der Waals surface area contributed by atoms with Crippen LogP contribution in [0.3, 0.4) is 0 Å². The van der Waals surface area contributed by atoms with Crippen molar-refractivity contribution in [3.05, 3.63) is 0 Å². The first kappa shape index (κ1) is 16.7.